The molecule has 3 rings (SSSR count). The molecule has 1 saturated carbocycles. The van der Waals surface area contributed by atoms with Crippen molar-refractivity contribution in [2.75, 3.05) is 13.2 Å². The van der Waals surface area contributed by atoms with E-state index in [2.05, 4.69) is 6.92 Å². The molecule has 1 aromatic rings. The molecule has 114 valence electrons. The summed E-state index contributed by atoms with van der Waals surface area (Å²) < 4.78 is 11.5. The Bertz CT molecular complexity index is 533. The number of rotatable bonds is 4. The number of Topliss-reactive ketones (excluding diaryl/α,β-unsaturated/α-hetero) is 1. The second-order valence-corrected chi connectivity index (χ2v) is 6.38. The zero-order valence-corrected chi connectivity index (χ0v) is 13.0. The first-order valence-corrected chi connectivity index (χ1v) is 8.09. The van der Waals surface area contributed by atoms with Crippen LogP contribution in [0.15, 0.2) is 18.2 Å². The van der Waals surface area contributed by atoms with Crippen LogP contribution in [-0.2, 0) is 11.2 Å². The molecule has 2 atom stereocenters. The van der Waals surface area contributed by atoms with Crippen LogP contribution < -0.4 is 4.74 Å². The average Bonchev–Trinajstić information content (AvgIpc) is 2.94. The number of carbonyl (C=O) groups excluding carboxylic acids is 1. The molecule has 0 N–H and O–H groups in total. The van der Waals surface area contributed by atoms with Crippen molar-refractivity contribution >= 4 is 5.78 Å². The van der Waals surface area contributed by atoms with Crippen molar-refractivity contribution in [3.63, 3.8) is 0 Å². The van der Waals surface area contributed by atoms with E-state index in [1.165, 1.54) is 6.42 Å². The van der Waals surface area contributed by atoms with Gasteiger partial charge in [-0.05, 0) is 55.9 Å². The largest absolute Gasteiger partial charge is 0.493 e. The van der Waals surface area contributed by atoms with Gasteiger partial charge in [-0.1, -0.05) is 13.3 Å². The van der Waals surface area contributed by atoms with Crippen LogP contribution in [0, 0.1) is 5.92 Å². The molecule has 2 aliphatic rings. The van der Waals surface area contributed by atoms with Crippen molar-refractivity contribution in [3.8, 4) is 5.75 Å². The summed E-state index contributed by atoms with van der Waals surface area (Å²) >= 11 is 0. The zero-order chi connectivity index (χ0) is 14.9. The quantitative estimate of drug-likeness (QED) is 0.791. The lowest BCUT2D eigenvalue weighted by Gasteiger charge is -2.38. The van der Waals surface area contributed by atoms with Crippen LogP contribution in [-0.4, -0.2) is 24.6 Å². The van der Waals surface area contributed by atoms with E-state index in [0.29, 0.717) is 12.5 Å². The molecule has 0 saturated heterocycles. The Labute approximate surface area is 126 Å². The highest BCUT2D eigenvalue weighted by Crippen LogP contribution is 2.38. The lowest BCUT2D eigenvalue weighted by Crippen LogP contribution is -2.45. The van der Waals surface area contributed by atoms with E-state index in [4.69, 9.17) is 9.47 Å². The highest BCUT2D eigenvalue weighted by atomic mass is 16.5. The van der Waals surface area contributed by atoms with Crippen LogP contribution in [0.1, 0.15) is 55.5 Å². The monoisotopic (exact) mass is 288 g/mol. The van der Waals surface area contributed by atoms with Gasteiger partial charge in [0.1, 0.15) is 11.4 Å². The van der Waals surface area contributed by atoms with Crippen LogP contribution in [0.2, 0.25) is 0 Å². The van der Waals surface area contributed by atoms with Gasteiger partial charge in [-0.3, -0.25) is 4.79 Å². The molecule has 1 aliphatic carbocycles. The lowest BCUT2D eigenvalue weighted by molar-refractivity contribution is -0.0511. The maximum atomic E-state index is 13.1. The van der Waals surface area contributed by atoms with E-state index in [-0.39, 0.29) is 5.78 Å². The third kappa shape index (κ3) is 2.71. The van der Waals surface area contributed by atoms with Gasteiger partial charge < -0.3 is 9.47 Å². The first-order chi connectivity index (χ1) is 10.1. The Hall–Kier alpha value is -1.35. The average molecular weight is 288 g/mol. The summed E-state index contributed by atoms with van der Waals surface area (Å²) in [6, 6.07) is 5.83. The normalized spacial score (nSPS) is 28.0. The number of ketones is 1. The fourth-order valence-corrected chi connectivity index (χ4v) is 3.77. The van der Waals surface area contributed by atoms with E-state index in [0.717, 1.165) is 49.2 Å². The standard InChI is InChI=1S/C18H24O3/c1-3-21-18(9-4-5-13(2)12-18)17(19)15-6-7-16-14(11-15)8-10-20-16/h6-7,11,13H,3-5,8-10,12H2,1-2H3. The van der Waals surface area contributed by atoms with Crippen LogP contribution >= 0.6 is 0 Å². The van der Waals surface area contributed by atoms with Crippen molar-refractivity contribution in [2.45, 2.75) is 51.6 Å². The molecular formula is C18H24O3. The molecule has 3 nitrogen and oxygen atoms in total. The van der Waals surface area contributed by atoms with Gasteiger partial charge in [-0.2, -0.15) is 0 Å². The molecule has 1 aromatic carbocycles. The summed E-state index contributed by atoms with van der Waals surface area (Å²) in [5.41, 5.74) is 1.32. The van der Waals surface area contributed by atoms with E-state index < -0.39 is 5.60 Å². The van der Waals surface area contributed by atoms with Gasteiger partial charge in [0.15, 0.2) is 5.78 Å². The Morgan fingerprint density at radius 3 is 3.10 bits per heavy atom. The predicted molar refractivity (Wildman–Crippen MR) is 82.0 cm³/mol. The number of carbonyl (C=O) groups is 1. The second kappa shape index (κ2) is 5.80. The molecule has 21 heavy (non-hydrogen) atoms. The molecule has 2 unspecified atom stereocenters. The molecule has 0 spiro atoms. The number of hydrogen-bond acceptors (Lipinski definition) is 3. The predicted octanol–water partition coefficient (Wildman–Crippen LogP) is 3.79. The fraction of sp³-hybridized carbons (Fsp3) is 0.611. The molecule has 1 heterocycles. The molecule has 0 radical (unpaired) electrons. The minimum atomic E-state index is -0.611. The summed E-state index contributed by atoms with van der Waals surface area (Å²) in [6.07, 6.45) is 4.85. The van der Waals surface area contributed by atoms with Crippen molar-refractivity contribution in [1.29, 1.82) is 0 Å². The smallest absolute Gasteiger partial charge is 0.194 e. The van der Waals surface area contributed by atoms with Gasteiger partial charge in [0.05, 0.1) is 6.61 Å². The minimum absolute atomic E-state index is 0.158. The molecule has 0 amide bonds. The van der Waals surface area contributed by atoms with Crippen LogP contribution in [0.5, 0.6) is 5.75 Å². The van der Waals surface area contributed by atoms with Gasteiger partial charge in [0.2, 0.25) is 0 Å². The number of fused-ring (bicyclic) bond motifs is 1. The summed E-state index contributed by atoms with van der Waals surface area (Å²) in [5, 5.41) is 0. The molecule has 0 bridgehead atoms. The highest BCUT2D eigenvalue weighted by Gasteiger charge is 2.43. The highest BCUT2D eigenvalue weighted by molar-refractivity contribution is 6.03. The molecule has 1 fully saturated rings. The first kappa shape index (κ1) is 14.6. The Morgan fingerprint density at radius 2 is 2.33 bits per heavy atom. The lowest BCUT2D eigenvalue weighted by atomic mass is 9.74. The van der Waals surface area contributed by atoms with Crippen LogP contribution in [0.4, 0.5) is 0 Å². The van der Waals surface area contributed by atoms with Crippen LogP contribution in [0.3, 0.4) is 0 Å². The minimum Gasteiger partial charge on any atom is -0.493 e. The molecule has 1 aliphatic heterocycles. The number of benzene rings is 1. The number of hydrogen-bond donors (Lipinski definition) is 0. The van der Waals surface area contributed by atoms with E-state index in [9.17, 15) is 4.79 Å². The third-order valence-corrected chi connectivity index (χ3v) is 4.74. The van der Waals surface area contributed by atoms with Gasteiger partial charge in [0.25, 0.3) is 0 Å². The molecule has 3 heteroatoms. The van der Waals surface area contributed by atoms with E-state index in [1.807, 2.05) is 25.1 Å². The van der Waals surface area contributed by atoms with Gasteiger partial charge in [0, 0.05) is 18.6 Å². The summed E-state index contributed by atoms with van der Waals surface area (Å²) in [5.74, 6) is 1.63. The van der Waals surface area contributed by atoms with Gasteiger partial charge in [-0.25, -0.2) is 0 Å². The van der Waals surface area contributed by atoms with Crippen molar-refractivity contribution in [3.05, 3.63) is 29.3 Å². The summed E-state index contributed by atoms with van der Waals surface area (Å²) in [7, 11) is 0. The van der Waals surface area contributed by atoms with Crippen molar-refractivity contribution < 1.29 is 14.3 Å². The fourth-order valence-electron chi connectivity index (χ4n) is 3.77. The maximum Gasteiger partial charge on any atom is 0.194 e. The summed E-state index contributed by atoms with van der Waals surface area (Å²) in [6.45, 7) is 5.51. The van der Waals surface area contributed by atoms with Crippen LogP contribution in [0.25, 0.3) is 0 Å². The van der Waals surface area contributed by atoms with E-state index in [1.54, 1.807) is 0 Å². The van der Waals surface area contributed by atoms with Gasteiger partial charge >= 0.3 is 0 Å². The first-order valence-electron chi connectivity index (χ1n) is 8.09. The summed E-state index contributed by atoms with van der Waals surface area (Å²) in [4.78, 5) is 13.1. The Kier molecular flexibility index (Phi) is 4.03. The zero-order valence-electron chi connectivity index (χ0n) is 13.0. The molecular weight excluding hydrogens is 264 g/mol. The van der Waals surface area contributed by atoms with Crippen molar-refractivity contribution in [2.24, 2.45) is 5.92 Å². The topological polar surface area (TPSA) is 35.5 Å². The Morgan fingerprint density at radius 1 is 1.48 bits per heavy atom. The molecule has 0 aromatic heterocycles. The van der Waals surface area contributed by atoms with Crippen molar-refractivity contribution in [1.82, 2.24) is 0 Å². The van der Waals surface area contributed by atoms with E-state index >= 15 is 0 Å². The third-order valence-electron chi connectivity index (χ3n) is 4.74. The second-order valence-electron chi connectivity index (χ2n) is 6.38. The SMILES string of the molecule is CCOC1(C(=O)c2ccc3c(c2)CCO3)CCCC(C)C1. The maximum absolute atomic E-state index is 13.1. The number of ether oxygens (including phenoxy) is 2. The van der Waals surface area contributed by atoms with Gasteiger partial charge in [-0.15, -0.1) is 0 Å². The Balaban J connectivity index is 1.90.